The molecule has 0 radical (unpaired) electrons. The zero-order valence-corrected chi connectivity index (χ0v) is 13.5. The quantitative estimate of drug-likeness (QED) is 0.736. The van der Waals surface area contributed by atoms with Gasteiger partial charge in [0, 0.05) is 13.5 Å². The second-order valence-corrected chi connectivity index (χ2v) is 6.43. The van der Waals surface area contributed by atoms with E-state index in [4.69, 9.17) is 9.47 Å². The molecule has 120 valence electrons. The van der Waals surface area contributed by atoms with Gasteiger partial charge in [-0.05, 0) is 33.6 Å². The van der Waals surface area contributed by atoms with Gasteiger partial charge in [-0.15, -0.1) is 0 Å². The zero-order valence-electron chi connectivity index (χ0n) is 13.5. The maximum Gasteiger partial charge on any atom is 0.329 e. The van der Waals surface area contributed by atoms with Crippen LogP contribution in [0.2, 0.25) is 0 Å². The molecule has 1 fully saturated rings. The van der Waals surface area contributed by atoms with E-state index in [1.165, 1.54) is 6.92 Å². The number of hydrogen-bond acceptors (Lipinski definition) is 5. The van der Waals surface area contributed by atoms with Gasteiger partial charge in [-0.1, -0.05) is 6.92 Å². The molecule has 0 aromatic rings. The minimum atomic E-state index is -0.572. The second-order valence-electron chi connectivity index (χ2n) is 6.43. The van der Waals surface area contributed by atoms with Crippen molar-refractivity contribution in [1.29, 1.82) is 0 Å². The van der Waals surface area contributed by atoms with E-state index in [1.807, 2.05) is 0 Å². The molecule has 1 aliphatic heterocycles. The molecule has 1 amide bonds. The summed E-state index contributed by atoms with van der Waals surface area (Å²) in [5.74, 6) is -1.42. The van der Waals surface area contributed by atoms with Crippen LogP contribution in [0.4, 0.5) is 0 Å². The molecule has 21 heavy (non-hydrogen) atoms. The maximum absolute atomic E-state index is 12.4. The lowest BCUT2D eigenvalue weighted by Gasteiger charge is -2.29. The third kappa shape index (κ3) is 5.36. The molecule has 0 aromatic heterocycles. The molecular formula is C15H25NO5. The largest absolute Gasteiger partial charge is 0.465 e. The highest BCUT2D eigenvalue weighted by Crippen LogP contribution is 2.23. The maximum atomic E-state index is 12.4. The van der Waals surface area contributed by atoms with E-state index in [1.54, 1.807) is 32.6 Å². The second kappa shape index (κ2) is 6.91. The molecule has 1 saturated heterocycles. The summed E-state index contributed by atoms with van der Waals surface area (Å²) in [4.78, 5) is 36.9. The van der Waals surface area contributed by atoms with E-state index in [-0.39, 0.29) is 18.5 Å². The lowest BCUT2D eigenvalue weighted by molar-refractivity contribution is -0.164. The zero-order chi connectivity index (χ0) is 16.2. The van der Waals surface area contributed by atoms with Gasteiger partial charge < -0.3 is 14.4 Å². The molecule has 0 unspecified atom stereocenters. The van der Waals surface area contributed by atoms with Crippen molar-refractivity contribution in [3.8, 4) is 0 Å². The van der Waals surface area contributed by atoms with Gasteiger partial charge in [0.05, 0.1) is 5.92 Å². The minimum absolute atomic E-state index is 0.0334. The van der Waals surface area contributed by atoms with Crippen molar-refractivity contribution >= 4 is 17.8 Å². The summed E-state index contributed by atoms with van der Waals surface area (Å²) in [6.45, 7) is 8.96. The molecule has 6 heteroatoms. The molecule has 0 spiro atoms. The standard InChI is InChI=1S/C15H25NO5/c1-10(9-20-11(2)17)13(18)16-8-6-7-12(16)14(19)21-15(3,4)5/h10,12H,6-9H2,1-5H3/t10-,12-/m0/s1. The summed E-state index contributed by atoms with van der Waals surface area (Å²) < 4.78 is 10.2. The average Bonchev–Trinajstić information content (AvgIpc) is 2.81. The number of nitrogens with zero attached hydrogens (tertiary/aromatic N) is 1. The van der Waals surface area contributed by atoms with Crippen LogP contribution in [0, 0.1) is 5.92 Å². The number of carbonyl (C=O) groups is 3. The van der Waals surface area contributed by atoms with Crippen LogP contribution in [-0.4, -0.2) is 47.5 Å². The van der Waals surface area contributed by atoms with Crippen LogP contribution in [0.5, 0.6) is 0 Å². The topological polar surface area (TPSA) is 72.9 Å². The first-order valence-corrected chi connectivity index (χ1v) is 7.28. The van der Waals surface area contributed by atoms with Crippen molar-refractivity contribution in [3.63, 3.8) is 0 Å². The Bertz CT molecular complexity index is 413. The summed E-state index contributed by atoms with van der Waals surface area (Å²) >= 11 is 0. The van der Waals surface area contributed by atoms with Crippen LogP contribution in [-0.2, 0) is 23.9 Å². The van der Waals surface area contributed by atoms with Gasteiger partial charge >= 0.3 is 11.9 Å². The van der Waals surface area contributed by atoms with Crippen molar-refractivity contribution in [3.05, 3.63) is 0 Å². The molecule has 6 nitrogen and oxygen atoms in total. The number of esters is 2. The van der Waals surface area contributed by atoms with Crippen molar-refractivity contribution in [1.82, 2.24) is 4.90 Å². The SMILES string of the molecule is CC(=O)OC[C@H](C)C(=O)N1CCC[C@H]1C(=O)OC(C)(C)C. The number of carbonyl (C=O) groups excluding carboxylic acids is 3. The Balaban J connectivity index is 2.65. The van der Waals surface area contributed by atoms with Gasteiger partial charge in [-0.2, -0.15) is 0 Å². The van der Waals surface area contributed by atoms with Gasteiger partial charge in [-0.3, -0.25) is 9.59 Å². The van der Waals surface area contributed by atoms with Gasteiger partial charge in [0.15, 0.2) is 0 Å². The number of amides is 1. The van der Waals surface area contributed by atoms with Gasteiger partial charge in [0.25, 0.3) is 0 Å². The Hall–Kier alpha value is -1.59. The highest BCUT2D eigenvalue weighted by Gasteiger charge is 2.38. The summed E-state index contributed by atoms with van der Waals surface area (Å²) in [5.41, 5.74) is -0.572. The summed E-state index contributed by atoms with van der Waals surface area (Å²) in [6.07, 6.45) is 1.39. The predicted molar refractivity (Wildman–Crippen MR) is 76.4 cm³/mol. The van der Waals surface area contributed by atoms with E-state index in [2.05, 4.69) is 0 Å². The van der Waals surface area contributed by atoms with Crippen LogP contribution in [0.1, 0.15) is 47.5 Å². The van der Waals surface area contributed by atoms with Gasteiger partial charge in [0.2, 0.25) is 5.91 Å². The number of likely N-dealkylation sites (tertiary alicyclic amines) is 1. The molecule has 2 atom stereocenters. The third-order valence-electron chi connectivity index (χ3n) is 3.17. The fourth-order valence-electron chi connectivity index (χ4n) is 2.24. The molecule has 0 aromatic carbocycles. The molecule has 1 rings (SSSR count). The Labute approximate surface area is 125 Å². The van der Waals surface area contributed by atoms with Crippen molar-refractivity contribution in [2.75, 3.05) is 13.2 Å². The fraction of sp³-hybridized carbons (Fsp3) is 0.800. The van der Waals surface area contributed by atoms with E-state index in [9.17, 15) is 14.4 Å². The Morgan fingerprint density at radius 2 is 1.90 bits per heavy atom. The van der Waals surface area contributed by atoms with Crippen molar-refractivity contribution in [2.45, 2.75) is 59.1 Å². The molecule has 1 heterocycles. The average molecular weight is 299 g/mol. The minimum Gasteiger partial charge on any atom is -0.465 e. The van der Waals surface area contributed by atoms with Crippen molar-refractivity contribution < 1.29 is 23.9 Å². The predicted octanol–water partition coefficient (Wildman–Crippen LogP) is 1.52. The van der Waals surface area contributed by atoms with E-state index in [0.29, 0.717) is 13.0 Å². The van der Waals surface area contributed by atoms with E-state index in [0.717, 1.165) is 6.42 Å². The van der Waals surface area contributed by atoms with Gasteiger partial charge in [0.1, 0.15) is 18.2 Å². The number of ether oxygens (including phenoxy) is 2. The smallest absolute Gasteiger partial charge is 0.329 e. The Kier molecular flexibility index (Phi) is 5.75. The van der Waals surface area contributed by atoms with E-state index < -0.39 is 23.5 Å². The first-order valence-electron chi connectivity index (χ1n) is 7.28. The van der Waals surface area contributed by atoms with Crippen LogP contribution in [0.25, 0.3) is 0 Å². The van der Waals surface area contributed by atoms with Crippen molar-refractivity contribution in [2.24, 2.45) is 5.92 Å². The normalized spacial score (nSPS) is 20.0. The monoisotopic (exact) mass is 299 g/mol. The van der Waals surface area contributed by atoms with Crippen LogP contribution >= 0.6 is 0 Å². The lowest BCUT2D eigenvalue weighted by Crippen LogP contribution is -2.46. The summed E-state index contributed by atoms with van der Waals surface area (Å²) in [5, 5.41) is 0. The first kappa shape index (κ1) is 17.5. The summed E-state index contributed by atoms with van der Waals surface area (Å²) in [7, 11) is 0. The Morgan fingerprint density at radius 3 is 2.43 bits per heavy atom. The highest BCUT2D eigenvalue weighted by atomic mass is 16.6. The number of hydrogen-bond donors (Lipinski definition) is 0. The van der Waals surface area contributed by atoms with Crippen LogP contribution < -0.4 is 0 Å². The highest BCUT2D eigenvalue weighted by molar-refractivity contribution is 5.86. The van der Waals surface area contributed by atoms with Gasteiger partial charge in [-0.25, -0.2) is 4.79 Å². The molecule has 0 aliphatic carbocycles. The fourth-order valence-corrected chi connectivity index (χ4v) is 2.24. The van der Waals surface area contributed by atoms with E-state index >= 15 is 0 Å². The molecule has 0 saturated carbocycles. The third-order valence-corrected chi connectivity index (χ3v) is 3.17. The molecule has 1 aliphatic rings. The lowest BCUT2D eigenvalue weighted by atomic mass is 10.1. The molecular weight excluding hydrogens is 274 g/mol. The number of rotatable bonds is 4. The molecule has 0 bridgehead atoms. The van der Waals surface area contributed by atoms with Crippen LogP contribution in [0.3, 0.4) is 0 Å². The Morgan fingerprint density at radius 1 is 1.29 bits per heavy atom. The first-order chi connectivity index (χ1) is 9.61. The molecule has 0 N–H and O–H groups in total. The van der Waals surface area contributed by atoms with Crippen LogP contribution in [0.15, 0.2) is 0 Å². The summed E-state index contributed by atoms with van der Waals surface area (Å²) in [6, 6.07) is -0.531.